The van der Waals surface area contributed by atoms with Gasteiger partial charge in [-0.1, -0.05) is 12.1 Å². The highest BCUT2D eigenvalue weighted by Gasteiger charge is 2.09. The van der Waals surface area contributed by atoms with Crippen LogP contribution in [0, 0.1) is 0 Å². The van der Waals surface area contributed by atoms with Gasteiger partial charge >= 0.3 is 0 Å². The Morgan fingerprint density at radius 3 is 2.64 bits per heavy atom. The number of nitrogens with zero attached hydrogens (tertiary/aromatic N) is 3. The second-order valence-corrected chi connectivity index (χ2v) is 6.75. The molecule has 0 atom stereocenters. The van der Waals surface area contributed by atoms with E-state index in [1.165, 1.54) is 0 Å². The summed E-state index contributed by atoms with van der Waals surface area (Å²) in [5.74, 6) is 0.243. The maximum atomic E-state index is 11.6. The molecule has 114 valence electrons. The third-order valence-corrected chi connectivity index (χ3v) is 4.53. The summed E-state index contributed by atoms with van der Waals surface area (Å²) in [5, 5.41) is 4.07. The van der Waals surface area contributed by atoms with Crippen molar-refractivity contribution in [3.8, 4) is 11.1 Å². The van der Waals surface area contributed by atoms with E-state index in [2.05, 4.69) is 14.8 Å². The second kappa shape index (κ2) is 5.30. The molecule has 22 heavy (non-hydrogen) atoms. The monoisotopic (exact) mass is 317 g/mol. The van der Waals surface area contributed by atoms with E-state index in [1.54, 1.807) is 29.8 Å². The van der Waals surface area contributed by atoms with E-state index in [0.29, 0.717) is 11.3 Å². The molecule has 0 saturated carbocycles. The molecule has 0 aliphatic carbocycles. The summed E-state index contributed by atoms with van der Waals surface area (Å²) in [6.07, 6.45) is 1.77. The van der Waals surface area contributed by atoms with E-state index in [0.717, 1.165) is 11.1 Å². The van der Waals surface area contributed by atoms with Crippen molar-refractivity contribution >= 4 is 27.3 Å². The van der Waals surface area contributed by atoms with Crippen LogP contribution in [0.25, 0.3) is 16.8 Å². The SMILES string of the molecule is CCS(=O)(=O)Nc1ccc(-c2cccn3nc(N)nc23)cc1. The lowest BCUT2D eigenvalue weighted by Gasteiger charge is -2.07. The van der Waals surface area contributed by atoms with Crippen LogP contribution in [0.2, 0.25) is 0 Å². The first-order chi connectivity index (χ1) is 10.5. The summed E-state index contributed by atoms with van der Waals surface area (Å²) in [7, 11) is -3.27. The fraction of sp³-hybridized carbons (Fsp3) is 0.143. The molecule has 0 aliphatic rings. The Morgan fingerprint density at radius 1 is 1.23 bits per heavy atom. The largest absolute Gasteiger partial charge is 0.366 e. The first kappa shape index (κ1) is 14.3. The van der Waals surface area contributed by atoms with Gasteiger partial charge < -0.3 is 5.73 Å². The minimum atomic E-state index is -3.27. The van der Waals surface area contributed by atoms with Crippen molar-refractivity contribution < 1.29 is 8.42 Å². The van der Waals surface area contributed by atoms with Gasteiger partial charge in [0.15, 0.2) is 5.65 Å². The molecular formula is C14H15N5O2S. The number of rotatable bonds is 4. The zero-order valence-electron chi connectivity index (χ0n) is 11.9. The van der Waals surface area contributed by atoms with Gasteiger partial charge in [-0.2, -0.15) is 4.98 Å². The summed E-state index contributed by atoms with van der Waals surface area (Å²) in [4.78, 5) is 4.20. The highest BCUT2D eigenvalue weighted by atomic mass is 32.2. The van der Waals surface area contributed by atoms with Crippen LogP contribution in [0.1, 0.15) is 6.92 Å². The normalized spacial score (nSPS) is 11.7. The van der Waals surface area contributed by atoms with E-state index in [4.69, 9.17) is 5.73 Å². The Labute approximate surface area is 127 Å². The molecule has 0 fully saturated rings. The number of nitrogen functional groups attached to an aromatic ring is 1. The average molecular weight is 317 g/mol. The molecule has 2 heterocycles. The number of anilines is 2. The first-order valence-electron chi connectivity index (χ1n) is 6.70. The van der Waals surface area contributed by atoms with Crippen LogP contribution in [0.15, 0.2) is 42.6 Å². The maximum Gasteiger partial charge on any atom is 0.240 e. The lowest BCUT2D eigenvalue weighted by molar-refractivity contribution is 0.602. The predicted molar refractivity (Wildman–Crippen MR) is 85.9 cm³/mol. The van der Waals surface area contributed by atoms with Crippen LogP contribution in [0.4, 0.5) is 11.6 Å². The lowest BCUT2D eigenvalue weighted by Crippen LogP contribution is -2.14. The number of pyridine rings is 1. The van der Waals surface area contributed by atoms with Crippen molar-refractivity contribution in [2.45, 2.75) is 6.92 Å². The van der Waals surface area contributed by atoms with Gasteiger partial charge in [0.25, 0.3) is 0 Å². The molecule has 1 aromatic carbocycles. The van der Waals surface area contributed by atoms with Crippen molar-refractivity contribution in [2.75, 3.05) is 16.2 Å². The number of fused-ring (bicyclic) bond motifs is 1. The number of benzene rings is 1. The molecule has 0 aliphatic heterocycles. The first-order valence-corrected chi connectivity index (χ1v) is 8.35. The number of hydrogen-bond donors (Lipinski definition) is 2. The summed E-state index contributed by atoms with van der Waals surface area (Å²) in [6, 6.07) is 10.8. The van der Waals surface area contributed by atoms with Crippen molar-refractivity contribution in [1.29, 1.82) is 0 Å². The van der Waals surface area contributed by atoms with Crippen molar-refractivity contribution in [3.05, 3.63) is 42.6 Å². The zero-order chi connectivity index (χ0) is 15.7. The molecule has 7 nitrogen and oxygen atoms in total. The van der Waals surface area contributed by atoms with Crippen LogP contribution in [-0.2, 0) is 10.0 Å². The molecule has 0 bridgehead atoms. The molecule has 0 saturated heterocycles. The number of hydrogen-bond acceptors (Lipinski definition) is 5. The molecule has 3 N–H and O–H groups in total. The highest BCUT2D eigenvalue weighted by Crippen LogP contribution is 2.25. The fourth-order valence-corrected chi connectivity index (χ4v) is 2.76. The number of aromatic nitrogens is 3. The van der Waals surface area contributed by atoms with E-state index in [-0.39, 0.29) is 11.7 Å². The minimum Gasteiger partial charge on any atom is -0.366 e. The van der Waals surface area contributed by atoms with Crippen molar-refractivity contribution in [2.24, 2.45) is 0 Å². The van der Waals surface area contributed by atoms with Gasteiger partial charge in [-0.25, -0.2) is 12.9 Å². The quantitative estimate of drug-likeness (QED) is 0.763. The molecule has 2 aromatic heterocycles. The van der Waals surface area contributed by atoms with Crippen LogP contribution in [0.3, 0.4) is 0 Å². The van der Waals surface area contributed by atoms with Crippen molar-refractivity contribution in [3.63, 3.8) is 0 Å². The van der Waals surface area contributed by atoms with Gasteiger partial charge in [-0.3, -0.25) is 4.72 Å². The van der Waals surface area contributed by atoms with E-state index < -0.39 is 10.0 Å². The average Bonchev–Trinajstić information content (AvgIpc) is 2.88. The molecule has 0 amide bonds. The molecule has 3 rings (SSSR count). The molecule has 3 aromatic rings. The summed E-state index contributed by atoms with van der Waals surface area (Å²) in [6.45, 7) is 1.59. The third-order valence-electron chi connectivity index (χ3n) is 3.23. The van der Waals surface area contributed by atoms with Gasteiger partial charge in [0.1, 0.15) is 0 Å². The Bertz CT molecular complexity index is 916. The minimum absolute atomic E-state index is 0.0348. The van der Waals surface area contributed by atoms with Crippen LogP contribution in [0.5, 0.6) is 0 Å². The number of sulfonamides is 1. The second-order valence-electron chi connectivity index (χ2n) is 4.74. The van der Waals surface area contributed by atoms with Crippen LogP contribution < -0.4 is 10.5 Å². The maximum absolute atomic E-state index is 11.6. The fourth-order valence-electron chi connectivity index (χ4n) is 2.12. The zero-order valence-corrected chi connectivity index (χ0v) is 12.7. The lowest BCUT2D eigenvalue weighted by atomic mass is 10.1. The number of nitrogens with two attached hydrogens (primary N) is 1. The highest BCUT2D eigenvalue weighted by molar-refractivity contribution is 7.92. The Balaban J connectivity index is 1.98. The molecule has 0 radical (unpaired) electrons. The Morgan fingerprint density at radius 2 is 1.95 bits per heavy atom. The van der Waals surface area contributed by atoms with E-state index >= 15 is 0 Å². The van der Waals surface area contributed by atoms with E-state index in [9.17, 15) is 8.42 Å². The Kier molecular flexibility index (Phi) is 3.45. The van der Waals surface area contributed by atoms with Gasteiger partial charge in [-0.05, 0) is 36.8 Å². The molecule has 0 unspecified atom stereocenters. The van der Waals surface area contributed by atoms with Crippen molar-refractivity contribution in [1.82, 2.24) is 14.6 Å². The van der Waals surface area contributed by atoms with E-state index in [1.807, 2.05) is 24.3 Å². The van der Waals surface area contributed by atoms with Gasteiger partial charge in [0.05, 0.1) is 5.75 Å². The smallest absolute Gasteiger partial charge is 0.240 e. The molecule has 0 spiro atoms. The predicted octanol–water partition coefficient (Wildman–Crippen LogP) is 1.74. The van der Waals surface area contributed by atoms with Crippen LogP contribution in [-0.4, -0.2) is 28.8 Å². The van der Waals surface area contributed by atoms with Gasteiger partial charge in [0.2, 0.25) is 16.0 Å². The van der Waals surface area contributed by atoms with Gasteiger partial charge in [-0.15, -0.1) is 5.10 Å². The summed E-state index contributed by atoms with van der Waals surface area (Å²) < 4.78 is 27.2. The standard InChI is InChI=1S/C14H15N5O2S/c1-2-22(20,21)18-11-7-5-10(6-8-11)12-4-3-9-19-13(12)16-14(15)17-19/h3-9,18H,2H2,1H3,(H2,15,17). The third kappa shape index (κ3) is 2.73. The Hall–Kier alpha value is -2.61. The summed E-state index contributed by atoms with van der Waals surface area (Å²) >= 11 is 0. The topological polar surface area (TPSA) is 102 Å². The number of nitrogens with one attached hydrogen (secondary N) is 1. The molecule has 8 heteroatoms. The van der Waals surface area contributed by atoms with Gasteiger partial charge in [0, 0.05) is 17.4 Å². The molecular weight excluding hydrogens is 302 g/mol. The summed E-state index contributed by atoms with van der Waals surface area (Å²) in [5.41, 5.74) is 8.58. The van der Waals surface area contributed by atoms with Crippen LogP contribution >= 0.6 is 0 Å².